The van der Waals surface area contributed by atoms with Crippen molar-refractivity contribution < 1.29 is 14.8 Å². The Morgan fingerprint density at radius 2 is 2.19 bits per heavy atom. The molecule has 0 bridgehead atoms. The van der Waals surface area contributed by atoms with Crippen molar-refractivity contribution in [1.82, 2.24) is 0 Å². The number of aliphatic hydroxyl groups is 1. The van der Waals surface area contributed by atoms with Crippen LogP contribution in [0.2, 0.25) is 0 Å². The summed E-state index contributed by atoms with van der Waals surface area (Å²) in [6.45, 7) is 3.33. The molecule has 7 nitrogen and oxygen atoms in total. The van der Waals surface area contributed by atoms with E-state index in [2.05, 4.69) is 5.32 Å². The summed E-state index contributed by atoms with van der Waals surface area (Å²) in [7, 11) is 3.30. The molecule has 0 saturated heterocycles. The minimum atomic E-state index is -0.647. The second-order valence-electron chi connectivity index (χ2n) is 4.91. The first-order chi connectivity index (χ1) is 9.97. The van der Waals surface area contributed by atoms with E-state index in [0.29, 0.717) is 17.9 Å². The summed E-state index contributed by atoms with van der Waals surface area (Å²) in [4.78, 5) is 12.4. The number of rotatable bonds is 9. The average molecular weight is 297 g/mol. The first-order valence-electron chi connectivity index (χ1n) is 6.89. The maximum absolute atomic E-state index is 11.0. The molecule has 0 heterocycles. The summed E-state index contributed by atoms with van der Waals surface area (Å²) < 4.78 is 4.88. The number of methoxy groups -OCH3 is 1. The van der Waals surface area contributed by atoms with Crippen LogP contribution in [0.4, 0.5) is 17.1 Å². The number of hydrogen-bond acceptors (Lipinski definition) is 6. The Kier molecular flexibility index (Phi) is 6.90. The molecule has 1 atom stereocenters. The number of ether oxygens (including phenoxy) is 1. The van der Waals surface area contributed by atoms with E-state index in [1.54, 1.807) is 11.9 Å². The van der Waals surface area contributed by atoms with Crippen molar-refractivity contribution in [3.05, 3.63) is 28.3 Å². The second kappa shape index (κ2) is 8.43. The van der Waals surface area contributed by atoms with Crippen molar-refractivity contribution >= 4 is 17.1 Å². The van der Waals surface area contributed by atoms with Crippen LogP contribution < -0.4 is 10.2 Å². The molecule has 2 N–H and O–H groups in total. The Morgan fingerprint density at radius 3 is 2.76 bits per heavy atom. The molecule has 1 rings (SSSR count). The fraction of sp³-hybridized carbons (Fsp3) is 0.571. The number of anilines is 2. The van der Waals surface area contributed by atoms with E-state index in [-0.39, 0.29) is 12.3 Å². The van der Waals surface area contributed by atoms with E-state index in [0.717, 1.165) is 13.0 Å². The summed E-state index contributed by atoms with van der Waals surface area (Å²) in [6, 6.07) is 4.84. The van der Waals surface area contributed by atoms with Crippen LogP contribution in [0.5, 0.6) is 0 Å². The molecule has 0 saturated carbocycles. The molecule has 7 heteroatoms. The van der Waals surface area contributed by atoms with Crippen LogP contribution in [0.25, 0.3) is 0 Å². The molecule has 21 heavy (non-hydrogen) atoms. The van der Waals surface area contributed by atoms with Crippen LogP contribution in [0.15, 0.2) is 18.2 Å². The van der Waals surface area contributed by atoms with E-state index in [4.69, 9.17) is 4.74 Å². The highest BCUT2D eigenvalue weighted by Gasteiger charge is 2.14. The van der Waals surface area contributed by atoms with Crippen LogP contribution >= 0.6 is 0 Å². The molecule has 0 radical (unpaired) electrons. The van der Waals surface area contributed by atoms with Crippen molar-refractivity contribution in [2.75, 3.05) is 44.1 Å². The molecule has 1 aromatic rings. The van der Waals surface area contributed by atoms with Crippen LogP contribution in [0.1, 0.15) is 13.3 Å². The molecular formula is C14H23N3O4. The van der Waals surface area contributed by atoms with Crippen molar-refractivity contribution in [2.24, 2.45) is 0 Å². The monoisotopic (exact) mass is 297 g/mol. The second-order valence-corrected chi connectivity index (χ2v) is 4.91. The molecule has 1 aromatic carbocycles. The van der Waals surface area contributed by atoms with Gasteiger partial charge in [-0.2, -0.15) is 0 Å². The topological polar surface area (TPSA) is 87.9 Å². The zero-order valence-corrected chi connectivity index (χ0v) is 12.7. The molecule has 0 aliphatic carbocycles. The van der Waals surface area contributed by atoms with Gasteiger partial charge in [0.15, 0.2) is 0 Å². The minimum absolute atomic E-state index is 0.0270. The van der Waals surface area contributed by atoms with Gasteiger partial charge in [-0.15, -0.1) is 0 Å². The fourth-order valence-electron chi connectivity index (χ4n) is 1.96. The van der Waals surface area contributed by atoms with E-state index in [1.165, 1.54) is 19.2 Å². The molecule has 0 amide bonds. The summed E-state index contributed by atoms with van der Waals surface area (Å²) in [5.74, 6) is 0. The summed E-state index contributed by atoms with van der Waals surface area (Å²) in [5.41, 5.74) is 1.41. The number of nitrogens with one attached hydrogen (secondary N) is 1. The predicted molar refractivity (Wildman–Crippen MR) is 83.0 cm³/mol. The van der Waals surface area contributed by atoms with Crippen molar-refractivity contribution in [3.8, 4) is 0 Å². The first-order valence-corrected chi connectivity index (χ1v) is 6.89. The standard InChI is InChI=1S/C14H23N3O4/c1-4-5-15-11-6-12(8-13(7-11)17(19)20)16(2)9-14(18)10-21-3/h6-8,14-15,18H,4-5,9-10H2,1-3H3. The minimum Gasteiger partial charge on any atom is -0.389 e. The molecule has 1 unspecified atom stereocenters. The normalized spacial score (nSPS) is 12.0. The van der Waals surface area contributed by atoms with Gasteiger partial charge in [0, 0.05) is 50.8 Å². The lowest BCUT2D eigenvalue weighted by atomic mass is 10.2. The highest BCUT2D eigenvalue weighted by molar-refractivity contribution is 5.64. The van der Waals surface area contributed by atoms with Gasteiger partial charge in [0.2, 0.25) is 0 Å². The van der Waals surface area contributed by atoms with E-state index >= 15 is 0 Å². The van der Waals surface area contributed by atoms with Crippen LogP contribution in [0, 0.1) is 10.1 Å². The van der Waals surface area contributed by atoms with Gasteiger partial charge < -0.3 is 20.1 Å². The van der Waals surface area contributed by atoms with Crippen molar-refractivity contribution in [3.63, 3.8) is 0 Å². The maximum atomic E-state index is 11.0. The molecule has 118 valence electrons. The van der Waals surface area contributed by atoms with E-state index < -0.39 is 11.0 Å². The lowest BCUT2D eigenvalue weighted by molar-refractivity contribution is -0.384. The molecule has 0 aromatic heterocycles. The van der Waals surface area contributed by atoms with Crippen molar-refractivity contribution in [1.29, 1.82) is 0 Å². The quantitative estimate of drug-likeness (QED) is 0.534. The highest BCUT2D eigenvalue weighted by Crippen LogP contribution is 2.26. The number of aliphatic hydroxyl groups excluding tert-OH is 1. The molecule has 0 aliphatic rings. The van der Waals surface area contributed by atoms with Crippen molar-refractivity contribution in [2.45, 2.75) is 19.4 Å². The fourth-order valence-corrected chi connectivity index (χ4v) is 1.96. The number of nitrogens with zero attached hydrogens (tertiary/aromatic N) is 2. The summed E-state index contributed by atoms with van der Waals surface area (Å²) in [5, 5.41) is 23.9. The van der Waals surface area contributed by atoms with Gasteiger partial charge in [-0.25, -0.2) is 0 Å². The molecular weight excluding hydrogens is 274 g/mol. The number of likely N-dealkylation sites (N-methyl/N-ethyl adjacent to an activating group) is 1. The Balaban J connectivity index is 2.92. The number of hydrogen-bond donors (Lipinski definition) is 2. The zero-order chi connectivity index (χ0) is 15.8. The van der Waals surface area contributed by atoms with Gasteiger partial charge in [-0.3, -0.25) is 10.1 Å². The largest absolute Gasteiger partial charge is 0.389 e. The number of benzene rings is 1. The van der Waals surface area contributed by atoms with Gasteiger partial charge >= 0.3 is 0 Å². The third kappa shape index (κ3) is 5.57. The third-order valence-corrected chi connectivity index (χ3v) is 2.98. The van der Waals surface area contributed by atoms with E-state index in [1.807, 2.05) is 13.0 Å². The van der Waals surface area contributed by atoms with Gasteiger partial charge in [-0.1, -0.05) is 6.92 Å². The number of nitro benzene ring substituents is 1. The SMILES string of the molecule is CCCNc1cc(N(C)CC(O)COC)cc([N+](=O)[O-])c1. The van der Waals surface area contributed by atoms with E-state index in [9.17, 15) is 15.2 Å². The van der Waals surface area contributed by atoms with Crippen LogP contribution in [-0.2, 0) is 4.74 Å². The summed E-state index contributed by atoms with van der Waals surface area (Å²) in [6.07, 6.45) is 0.284. The number of nitro groups is 1. The van der Waals surface area contributed by atoms with Gasteiger partial charge in [0.05, 0.1) is 17.6 Å². The lowest BCUT2D eigenvalue weighted by Crippen LogP contribution is -2.31. The Hall–Kier alpha value is -1.86. The molecule has 0 aliphatic heterocycles. The smallest absolute Gasteiger partial charge is 0.273 e. The van der Waals surface area contributed by atoms with Gasteiger partial charge in [0.25, 0.3) is 5.69 Å². The average Bonchev–Trinajstić information content (AvgIpc) is 2.44. The Bertz CT molecular complexity index is 468. The van der Waals surface area contributed by atoms with Gasteiger partial charge in [0.1, 0.15) is 0 Å². The third-order valence-electron chi connectivity index (χ3n) is 2.98. The Morgan fingerprint density at radius 1 is 1.48 bits per heavy atom. The predicted octanol–water partition coefficient (Wildman–Crippen LogP) is 1.86. The lowest BCUT2D eigenvalue weighted by Gasteiger charge is -2.23. The number of non-ortho nitro benzene ring substituents is 1. The van der Waals surface area contributed by atoms with Crippen LogP contribution in [-0.4, -0.2) is 50.0 Å². The Labute approximate surface area is 124 Å². The first kappa shape index (κ1) is 17.2. The molecule has 0 spiro atoms. The summed E-state index contributed by atoms with van der Waals surface area (Å²) >= 11 is 0. The van der Waals surface area contributed by atoms with Crippen LogP contribution in [0.3, 0.4) is 0 Å². The maximum Gasteiger partial charge on any atom is 0.273 e. The van der Waals surface area contributed by atoms with Gasteiger partial charge in [-0.05, 0) is 12.5 Å². The zero-order valence-electron chi connectivity index (χ0n) is 12.7. The highest BCUT2D eigenvalue weighted by atomic mass is 16.6. The molecule has 0 fully saturated rings.